The molecule has 0 bridgehead atoms. The number of aromatic amines is 1. The lowest BCUT2D eigenvalue weighted by atomic mass is 9.87. The molecular weight excluding hydrogens is 314 g/mol. The minimum atomic E-state index is -0.381. The summed E-state index contributed by atoms with van der Waals surface area (Å²) in [5.41, 5.74) is 2.28. The lowest BCUT2D eigenvalue weighted by Crippen LogP contribution is -2.36. The molecule has 3 rings (SSSR count). The standard InChI is InChI=1S/C20H23N3O2/c1-20(2,3)14-8-10-15(11-9-14)21-12-13-23-18(24)16-6-4-5-7-17(16)22-19(23)25/h4-11,21H,12-13H2,1-3H3,(H,22,25). The van der Waals surface area contributed by atoms with E-state index in [2.05, 4.69) is 43.2 Å². The van der Waals surface area contributed by atoms with Crippen molar-refractivity contribution in [2.45, 2.75) is 32.7 Å². The molecule has 0 aliphatic carbocycles. The molecule has 0 saturated carbocycles. The highest BCUT2D eigenvalue weighted by molar-refractivity contribution is 5.76. The van der Waals surface area contributed by atoms with Gasteiger partial charge in [0, 0.05) is 18.8 Å². The molecule has 0 aliphatic rings. The summed E-state index contributed by atoms with van der Waals surface area (Å²) in [6.07, 6.45) is 0. The number of fused-ring (bicyclic) bond motifs is 1. The number of rotatable bonds is 4. The van der Waals surface area contributed by atoms with Crippen LogP contribution in [0, 0.1) is 0 Å². The number of anilines is 1. The van der Waals surface area contributed by atoms with Crippen LogP contribution in [0.5, 0.6) is 0 Å². The van der Waals surface area contributed by atoms with Gasteiger partial charge in [0.05, 0.1) is 10.9 Å². The molecule has 0 saturated heterocycles. The Kier molecular flexibility index (Phi) is 4.49. The summed E-state index contributed by atoms with van der Waals surface area (Å²) in [5.74, 6) is 0. The molecule has 0 amide bonds. The van der Waals surface area contributed by atoms with Crippen molar-refractivity contribution in [3.05, 3.63) is 74.9 Å². The Bertz CT molecular complexity index is 992. The number of para-hydroxylation sites is 1. The van der Waals surface area contributed by atoms with Gasteiger partial charge in [0.2, 0.25) is 0 Å². The van der Waals surface area contributed by atoms with Crippen LogP contribution in [0.25, 0.3) is 10.9 Å². The van der Waals surface area contributed by atoms with Crippen molar-refractivity contribution in [2.24, 2.45) is 0 Å². The number of nitrogens with zero attached hydrogens (tertiary/aromatic N) is 1. The zero-order valence-electron chi connectivity index (χ0n) is 14.8. The molecule has 0 atom stereocenters. The van der Waals surface area contributed by atoms with Gasteiger partial charge in [-0.2, -0.15) is 0 Å². The van der Waals surface area contributed by atoms with Crippen LogP contribution < -0.4 is 16.6 Å². The smallest absolute Gasteiger partial charge is 0.328 e. The third-order valence-corrected chi connectivity index (χ3v) is 4.30. The minimum absolute atomic E-state index is 0.115. The zero-order valence-corrected chi connectivity index (χ0v) is 14.8. The Morgan fingerprint density at radius 2 is 1.68 bits per heavy atom. The van der Waals surface area contributed by atoms with E-state index >= 15 is 0 Å². The third-order valence-electron chi connectivity index (χ3n) is 4.30. The maximum absolute atomic E-state index is 12.5. The van der Waals surface area contributed by atoms with Crippen molar-refractivity contribution >= 4 is 16.6 Å². The molecule has 1 heterocycles. The monoisotopic (exact) mass is 337 g/mol. The lowest BCUT2D eigenvalue weighted by molar-refractivity contribution is 0.590. The Morgan fingerprint density at radius 3 is 2.36 bits per heavy atom. The fourth-order valence-electron chi connectivity index (χ4n) is 2.80. The fourth-order valence-corrected chi connectivity index (χ4v) is 2.80. The second kappa shape index (κ2) is 6.59. The van der Waals surface area contributed by atoms with Crippen LogP contribution in [-0.4, -0.2) is 16.1 Å². The topological polar surface area (TPSA) is 66.9 Å². The molecule has 0 spiro atoms. The SMILES string of the molecule is CC(C)(C)c1ccc(NCCn2c(=O)[nH]c3ccccc3c2=O)cc1. The number of hydrogen-bond acceptors (Lipinski definition) is 3. The van der Waals surface area contributed by atoms with Gasteiger partial charge in [0.25, 0.3) is 5.56 Å². The molecule has 5 heteroatoms. The zero-order chi connectivity index (χ0) is 18.0. The molecule has 0 radical (unpaired) electrons. The van der Waals surface area contributed by atoms with E-state index in [9.17, 15) is 9.59 Å². The van der Waals surface area contributed by atoms with Crippen LogP contribution in [0.3, 0.4) is 0 Å². The van der Waals surface area contributed by atoms with Gasteiger partial charge in [-0.05, 0) is 35.2 Å². The van der Waals surface area contributed by atoms with Gasteiger partial charge in [-0.15, -0.1) is 0 Å². The van der Waals surface area contributed by atoms with Crippen molar-refractivity contribution in [3.8, 4) is 0 Å². The van der Waals surface area contributed by atoms with E-state index in [1.165, 1.54) is 10.1 Å². The van der Waals surface area contributed by atoms with Gasteiger partial charge in [-0.1, -0.05) is 45.0 Å². The molecule has 2 aromatic carbocycles. The molecule has 0 fully saturated rings. The average molecular weight is 337 g/mol. The molecule has 25 heavy (non-hydrogen) atoms. The molecule has 0 unspecified atom stereocenters. The van der Waals surface area contributed by atoms with Crippen LogP contribution in [0.2, 0.25) is 0 Å². The normalized spacial score (nSPS) is 11.6. The second-order valence-corrected chi connectivity index (χ2v) is 7.19. The maximum atomic E-state index is 12.5. The van der Waals surface area contributed by atoms with E-state index in [0.29, 0.717) is 24.0 Å². The van der Waals surface area contributed by atoms with E-state index in [1.54, 1.807) is 24.3 Å². The largest absolute Gasteiger partial charge is 0.383 e. The van der Waals surface area contributed by atoms with Gasteiger partial charge >= 0.3 is 5.69 Å². The Hall–Kier alpha value is -2.82. The van der Waals surface area contributed by atoms with Crippen molar-refractivity contribution in [2.75, 3.05) is 11.9 Å². The average Bonchev–Trinajstić information content (AvgIpc) is 2.57. The molecular formula is C20H23N3O2. The van der Waals surface area contributed by atoms with Crippen LogP contribution in [0.4, 0.5) is 5.69 Å². The number of H-pyrrole nitrogens is 1. The van der Waals surface area contributed by atoms with Gasteiger partial charge < -0.3 is 10.3 Å². The first kappa shape index (κ1) is 17.0. The van der Waals surface area contributed by atoms with Gasteiger partial charge in [-0.3, -0.25) is 9.36 Å². The highest BCUT2D eigenvalue weighted by atomic mass is 16.2. The summed E-state index contributed by atoms with van der Waals surface area (Å²) in [4.78, 5) is 27.3. The van der Waals surface area contributed by atoms with Crippen LogP contribution in [-0.2, 0) is 12.0 Å². The maximum Gasteiger partial charge on any atom is 0.328 e. The first-order valence-corrected chi connectivity index (χ1v) is 8.42. The van der Waals surface area contributed by atoms with Crippen LogP contribution in [0.15, 0.2) is 58.1 Å². The Balaban J connectivity index is 1.73. The second-order valence-electron chi connectivity index (χ2n) is 7.19. The summed E-state index contributed by atoms with van der Waals surface area (Å²) in [7, 11) is 0. The van der Waals surface area contributed by atoms with Gasteiger partial charge in [0.1, 0.15) is 0 Å². The predicted octanol–water partition coefficient (Wildman–Crippen LogP) is 3.10. The molecule has 0 aliphatic heterocycles. The first-order valence-electron chi connectivity index (χ1n) is 8.42. The Labute approximate surface area is 146 Å². The third kappa shape index (κ3) is 3.65. The molecule has 2 N–H and O–H groups in total. The minimum Gasteiger partial charge on any atom is -0.383 e. The van der Waals surface area contributed by atoms with Crippen molar-refractivity contribution in [1.29, 1.82) is 0 Å². The number of nitrogens with one attached hydrogen (secondary N) is 2. The number of aromatic nitrogens is 2. The summed E-state index contributed by atoms with van der Waals surface area (Å²) in [6, 6.07) is 15.3. The van der Waals surface area contributed by atoms with E-state index in [1.807, 2.05) is 12.1 Å². The van der Waals surface area contributed by atoms with Crippen molar-refractivity contribution in [3.63, 3.8) is 0 Å². The van der Waals surface area contributed by atoms with E-state index in [0.717, 1.165) is 5.69 Å². The molecule has 5 nitrogen and oxygen atoms in total. The summed E-state index contributed by atoms with van der Waals surface area (Å²) in [5, 5.41) is 3.79. The van der Waals surface area contributed by atoms with E-state index in [4.69, 9.17) is 0 Å². The molecule has 1 aromatic heterocycles. The highest BCUT2D eigenvalue weighted by Gasteiger charge is 2.12. The van der Waals surface area contributed by atoms with E-state index in [-0.39, 0.29) is 16.7 Å². The Morgan fingerprint density at radius 1 is 1.00 bits per heavy atom. The predicted molar refractivity (Wildman–Crippen MR) is 102 cm³/mol. The lowest BCUT2D eigenvalue weighted by Gasteiger charge is -2.19. The summed E-state index contributed by atoms with van der Waals surface area (Å²) in [6.45, 7) is 7.33. The summed E-state index contributed by atoms with van der Waals surface area (Å²) < 4.78 is 1.23. The van der Waals surface area contributed by atoms with Crippen LogP contribution in [0.1, 0.15) is 26.3 Å². The van der Waals surface area contributed by atoms with Gasteiger partial charge in [-0.25, -0.2) is 4.79 Å². The quantitative estimate of drug-likeness (QED) is 0.769. The van der Waals surface area contributed by atoms with Crippen LogP contribution >= 0.6 is 0 Å². The van der Waals surface area contributed by atoms with Crippen molar-refractivity contribution in [1.82, 2.24) is 9.55 Å². The highest BCUT2D eigenvalue weighted by Crippen LogP contribution is 2.23. The van der Waals surface area contributed by atoms with Crippen molar-refractivity contribution < 1.29 is 0 Å². The van der Waals surface area contributed by atoms with Gasteiger partial charge in [0.15, 0.2) is 0 Å². The number of hydrogen-bond donors (Lipinski definition) is 2. The summed E-state index contributed by atoms with van der Waals surface area (Å²) >= 11 is 0. The molecule has 3 aromatic rings. The number of benzene rings is 2. The fraction of sp³-hybridized carbons (Fsp3) is 0.300. The van der Waals surface area contributed by atoms with E-state index < -0.39 is 0 Å². The first-order chi connectivity index (χ1) is 11.9. The molecule has 130 valence electrons.